The Morgan fingerprint density at radius 1 is 1.12 bits per heavy atom. The summed E-state index contributed by atoms with van der Waals surface area (Å²) in [5.41, 5.74) is 7.16. The number of carbonyl (C=O) groups is 2. The van der Waals surface area contributed by atoms with Crippen molar-refractivity contribution >= 4 is 17.5 Å². The van der Waals surface area contributed by atoms with Crippen molar-refractivity contribution < 1.29 is 9.59 Å². The number of carbonyl (C=O) groups excluding carboxylic acids is 2. The van der Waals surface area contributed by atoms with Gasteiger partial charge in [0.2, 0.25) is 5.91 Å². The highest BCUT2D eigenvalue weighted by molar-refractivity contribution is 6.00. The highest BCUT2D eigenvalue weighted by atomic mass is 16.2. The molecule has 0 aromatic heterocycles. The quantitative estimate of drug-likeness (QED) is 0.803. The standard InChI is InChI=1S/C20H28N4O2/c21-19(25)13-23-11-16(14-7-8-14)17(12-23)22-20(26)15-5-1-2-6-18(15)24-9-3-4-10-24/h1-2,5-6,14,16-17H,3-4,7-13H2,(H2,21,25)(H,22,26)/t16-,17+/m1/s1. The van der Waals surface area contributed by atoms with Crippen LogP contribution in [0, 0.1) is 11.8 Å². The van der Waals surface area contributed by atoms with Crippen LogP contribution in [0.15, 0.2) is 24.3 Å². The van der Waals surface area contributed by atoms with Crippen LogP contribution in [0.5, 0.6) is 0 Å². The third-order valence-corrected chi connectivity index (χ3v) is 5.96. The molecule has 1 saturated carbocycles. The largest absolute Gasteiger partial charge is 0.371 e. The molecule has 2 saturated heterocycles. The summed E-state index contributed by atoms with van der Waals surface area (Å²) in [6.45, 7) is 3.88. The van der Waals surface area contributed by atoms with Gasteiger partial charge in [-0.15, -0.1) is 0 Å². The maximum Gasteiger partial charge on any atom is 0.253 e. The van der Waals surface area contributed by atoms with Gasteiger partial charge in [-0.1, -0.05) is 12.1 Å². The number of hydrogen-bond donors (Lipinski definition) is 2. The van der Waals surface area contributed by atoms with Gasteiger partial charge >= 0.3 is 0 Å². The zero-order valence-electron chi connectivity index (χ0n) is 15.2. The van der Waals surface area contributed by atoms with E-state index in [1.165, 1.54) is 25.7 Å². The highest BCUT2D eigenvalue weighted by Gasteiger charge is 2.43. The average molecular weight is 356 g/mol. The fraction of sp³-hybridized carbons (Fsp3) is 0.600. The summed E-state index contributed by atoms with van der Waals surface area (Å²) >= 11 is 0. The van der Waals surface area contributed by atoms with Gasteiger partial charge in [-0.2, -0.15) is 0 Å². The molecular weight excluding hydrogens is 328 g/mol. The number of rotatable bonds is 6. The van der Waals surface area contributed by atoms with Crippen molar-refractivity contribution in [1.29, 1.82) is 0 Å². The molecule has 0 radical (unpaired) electrons. The number of nitrogens with zero attached hydrogens (tertiary/aromatic N) is 2. The number of benzene rings is 1. The SMILES string of the molecule is NC(=O)CN1C[C@H](NC(=O)c2ccccc2N2CCCC2)[C@@H](C2CC2)C1. The summed E-state index contributed by atoms with van der Waals surface area (Å²) < 4.78 is 0. The van der Waals surface area contributed by atoms with Gasteiger partial charge < -0.3 is 16.0 Å². The number of hydrogen-bond acceptors (Lipinski definition) is 4. The minimum absolute atomic E-state index is 0.00377. The maximum atomic E-state index is 13.0. The van der Waals surface area contributed by atoms with Crippen molar-refractivity contribution in [2.45, 2.75) is 31.7 Å². The molecule has 1 aromatic carbocycles. The lowest BCUT2D eigenvalue weighted by atomic mass is 9.97. The van der Waals surface area contributed by atoms with Crippen LogP contribution in [0.1, 0.15) is 36.0 Å². The molecule has 6 nitrogen and oxygen atoms in total. The second-order valence-corrected chi connectivity index (χ2v) is 7.95. The molecule has 1 aliphatic carbocycles. The molecule has 2 amide bonds. The smallest absolute Gasteiger partial charge is 0.253 e. The van der Waals surface area contributed by atoms with Crippen LogP contribution in [-0.2, 0) is 4.79 Å². The summed E-state index contributed by atoms with van der Waals surface area (Å²) in [5, 5.41) is 3.27. The van der Waals surface area contributed by atoms with Crippen molar-refractivity contribution in [3.63, 3.8) is 0 Å². The first-order valence-corrected chi connectivity index (χ1v) is 9.77. The molecule has 4 rings (SSSR count). The van der Waals surface area contributed by atoms with E-state index in [9.17, 15) is 9.59 Å². The molecule has 0 bridgehead atoms. The van der Waals surface area contributed by atoms with E-state index in [0.29, 0.717) is 18.4 Å². The molecule has 140 valence electrons. The van der Waals surface area contributed by atoms with E-state index >= 15 is 0 Å². The molecule has 2 heterocycles. The van der Waals surface area contributed by atoms with Crippen LogP contribution in [0.2, 0.25) is 0 Å². The lowest BCUT2D eigenvalue weighted by molar-refractivity contribution is -0.118. The molecule has 1 aromatic rings. The lowest BCUT2D eigenvalue weighted by Gasteiger charge is -2.23. The average Bonchev–Trinajstić information content (AvgIpc) is 3.16. The first-order chi connectivity index (χ1) is 12.6. The van der Waals surface area contributed by atoms with Crippen LogP contribution in [-0.4, -0.2) is 55.5 Å². The number of amides is 2. The molecule has 0 spiro atoms. The molecule has 6 heteroatoms. The normalized spacial score (nSPS) is 26.2. The number of primary amides is 1. The molecule has 0 unspecified atom stereocenters. The van der Waals surface area contributed by atoms with Crippen LogP contribution in [0.3, 0.4) is 0 Å². The second kappa shape index (κ2) is 7.27. The first-order valence-electron chi connectivity index (χ1n) is 9.77. The predicted octanol–water partition coefficient (Wildman–Crippen LogP) is 1.21. The van der Waals surface area contributed by atoms with Crippen LogP contribution in [0.4, 0.5) is 5.69 Å². The van der Waals surface area contributed by atoms with Crippen molar-refractivity contribution in [3.05, 3.63) is 29.8 Å². The van der Waals surface area contributed by atoms with Gasteiger partial charge in [0.15, 0.2) is 0 Å². The van der Waals surface area contributed by atoms with Crippen LogP contribution in [0.25, 0.3) is 0 Å². The van der Waals surface area contributed by atoms with Crippen molar-refractivity contribution in [3.8, 4) is 0 Å². The zero-order chi connectivity index (χ0) is 18.1. The third kappa shape index (κ3) is 3.70. The Bertz CT molecular complexity index is 682. The number of para-hydroxylation sites is 1. The number of likely N-dealkylation sites (tertiary alicyclic amines) is 1. The highest BCUT2D eigenvalue weighted by Crippen LogP contribution is 2.41. The first kappa shape index (κ1) is 17.3. The van der Waals surface area contributed by atoms with E-state index < -0.39 is 0 Å². The van der Waals surface area contributed by atoms with Crippen molar-refractivity contribution in [2.75, 3.05) is 37.6 Å². The zero-order valence-corrected chi connectivity index (χ0v) is 15.2. The number of nitrogens with two attached hydrogens (primary N) is 1. The van der Waals surface area contributed by atoms with E-state index in [0.717, 1.165) is 30.9 Å². The Balaban J connectivity index is 1.48. The lowest BCUT2D eigenvalue weighted by Crippen LogP contribution is -2.42. The maximum absolute atomic E-state index is 13.0. The van der Waals surface area contributed by atoms with E-state index in [4.69, 9.17) is 5.73 Å². The fourth-order valence-corrected chi connectivity index (χ4v) is 4.56. The third-order valence-electron chi connectivity index (χ3n) is 5.96. The molecule has 3 aliphatic rings. The Hall–Kier alpha value is -2.08. The number of anilines is 1. The Morgan fingerprint density at radius 3 is 2.54 bits per heavy atom. The van der Waals surface area contributed by atoms with Gasteiger partial charge in [-0.3, -0.25) is 14.5 Å². The van der Waals surface area contributed by atoms with Crippen LogP contribution >= 0.6 is 0 Å². The summed E-state index contributed by atoms with van der Waals surface area (Å²) in [4.78, 5) is 28.7. The molecule has 2 aliphatic heterocycles. The van der Waals surface area contributed by atoms with Gasteiger partial charge in [0.1, 0.15) is 0 Å². The monoisotopic (exact) mass is 356 g/mol. The Kier molecular flexibility index (Phi) is 4.85. The molecule has 2 atom stereocenters. The van der Waals surface area contributed by atoms with Gasteiger partial charge in [-0.05, 0) is 49.7 Å². The Labute approximate surface area is 154 Å². The minimum Gasteiger partial charge on any atom is -0.371 e. The summed E-state index contributed by atoms with van der Waals surface area (Å²) in [7, 11) is 0. The van der Waals surface area contributed by atoms with Gasteiger partial charge in [0.05, 0.1) is 12.1 Å². The fourth-order valence-electron chi connectivity index (χ4n) is 4.56. The Morgan fingerprint density at radius 2 is 1.85 bits per heavy atom. The van der Waals surface area contributed by atoms with Gasteiger partial charge in [0.25, 0.3) is 5.91 Å². The van der Waals surface area contributed by atoms with E-state index in [1.54, 1.807) is 0 Å². The van der Waals surface area contributed by atoms with E-state index in [2.05, 4.69) is 15.1 Å². The van der Waals surface area contributed by atoms with Crippen molar-refractivity contribution in [2.24, 2.45) is 17.6 Å². The molecule has 3 fully saturated rings. The van der Waals surface area contributed by atoms with E-state index in [1.807, 2.05) is 24.3 Å². The second-order valence-electron chi connectivity index (χ2n) is 7.95. The summed E-state index contributed by atoms with van der Waals surface area (Å²) in [5.74, 6) is 0.805. The van der Waals surface area contributed by atoms with Crippen LogP contribution < -0.4 is 16.0 Å². The summed E-state index contributed by atoms with van der Waals surface area (Å²) in [6, 6.07) is 8.00. The predicted molar refractivity (Wildman–Crippen MR) is 101 cm³/mol. The topological polar surface area (TPSA) is 78.7 Å². The minimum atomic E-state index is -0.300. The molecule has 26 heavy (non-hydrogen) atoms. The van der Waals surface area contributed by atoms with E-state index in [-0.39, 0.29) is 24.4 Å². The molecular formula is C20H28N4O2. The number of nitrogens with one attached hydrogen (secondary N) is 1. The van der Waals surface area contributed by atoms with Gasteiger partial charge in [0, 0.05) is 37.9 Å². The van der Waals surface area contributed by atoms with Gasteiger partial charge in [-0.25, -0.2) is 0 Å². The van der Waals surface area contributed by atoms with Crippen molar-refractivity contribution in [1.82, 2.24) is 10.2 Å². The molecule has 3 N–H and O–H groups in total. The summed E-state index contributed by atoms with van der Waals surface area (Å²) in [6.07, 6.45) is 4.83.